The van der Waals surface area contributed by atoms with E-state index in [0.717, 1.165) is 0 Å². The molecule has 0 amide bonds. The van der Waals surface area contributed by atoms with Gasteiger partial charge in [0.05, 0.1) is 13.1 Å². The van der Waals surface area contributed by atoms with Crippen molar-refractivity contribution in [2.45, 2.75) is 56.9 Å². The largest absolute Gasteiger partial charge is 0.442 e. The van der Waals surface area contributed by atoms with E-state index in [1.807, 2.05) is 20.8 Å². The fraction of sp³-hybridized carbons (Fsp3) is 0.550. The molecule has 5 rings (SSSR count). The van der Waals surface area contributed by atoms with Crippen molar-refractivity contribution in [1.82, 2.24) is 29.9 Å². The van der Waals surface area contributed by atoms with Gasteiger partial charge in [0.25, 0.3) is 5.92 Å². The maximum Gasteiger partial charge on any atom is 0.442 e. The Bertz CT molecular complexity index is 1290. The highest BCUT2D eigenvalue weighted by molar-refractivity contribution is 5.83. The molecule has 1 fully saturated rings. The first-order valence-corrected chi connectivity index (χ1v) is 10.5. The molecule has 0 N–H and O–H groups in total. The zero-order valence-electron chi connectivity index (χ0n) is 18.5. The van der Waals surface area contributed by atoms with Crippen molar-refractivity contribution >= 4 is 17.0 Å². The minimum Gasteiger partial charge on any atom is -0.348 e. The van der Waals surface area contributed by atoms with Crippen molar-refractivity contribution in [1.29, 1.82) is 0 Å². The molecule has 9 nitrogen and oxygen atoms in total. The topological polar surface area (TPSA) is 97.3 Å². The lowest BCUT2D eigenvalue weighted by molar-refractivity contribution is -0.166. The molecule has 0 aliphatic carbocycles. The van der Waals surface area contributed by atoms with Crippen LogP contribution in [0, 0.1) is 0 Å². The van der Waals surface area contributed by atoms with E-state index >= 15 is 0 Å². The van der Waals surface area contributed by atoms with Crippen molar-refractivity contribution < 1.29 is 22.0 Å². The molecular weight excluding hydrogens is 461 g/mol. The van der Waals surface area contributed by atoms with Crippen LogP contribution in [-0.2, 0) is 17.6 Å². The first kappa shape index (κ1) is 22.5. The molecule has 0 aromatic carbocycles. The lowest BCUT2D eigenvalue weighted by atomic mass is 9.95. The Morgan fingerprint density at radius 1 is 1.09 bits per heavy atom. The van der Waals surface area contributed by atoms with E-state index in [4.69, 9.17) is 0 Å². The summed E-state index contributed by atoms with van der Waals surface area (Å²) in [6.45, 7) is 5.02. The third-order valence-corrected chi connectivity index (χ3v) is 5.78. The van der Waals surface area contributed by atoms with Gasteiger partial charge in [-0.2, -0.15) is 13.2 Å². The van der Waals surface area contributed by atoms with Gasteiger partial charge in [0, 0.05) is 41.9 Å². The second-order valence-corrected chi connectivity index (χ2v) is 9.47. The standard InChI is InChI=1S/C20H20F5N9/c1-17(2,3)16-27-14(33-7-5-18(21,22)10-33)13-15(28-16)34(32-29-13)9-11-8-26-6-4-12(11)19(30-31-19)20(23,24)25/h4,6,8H,5,7,9-10H2,1-3H3. The SMILES string of the molecule is CC(C)(C)c1nc(N2CCC(F)(F)C2)c2nnn(Cc3cnccc3C3(C(F)(F)F)N=N3)c2n1. The highest BCUT2D eigenvalue weighted by Gasteiger charge is 2.65. The van der Waals surface area contributed by atoms with Crippen LogP contribution < -0.4 is 4.90 Å². The molecule has 180 valence electrons. The van der Waals surface area contributed by atoms with Gasteiger partial charge in [-0.1, -0.05) is 26.0 Å². The van der Waals surface area contributed by atoms with Gasteiger partial charge in [-0.25, -0.2) is 23.4 Å². The third kappa shape index (κ3) is 3.64. The average Bonchev–Trinajstić information content (AvgIpc) is 3.36. The first-order valence-electron chi connectivity index (χ1n) is 10.5. The van der Waals surface area contributed by atoms with Gasteiger partial charge >= 0.3 is 11.8 Å². The fourth-order valence-corrected chi connectivity index (χ4v) is 3.90. The van der Waals surface area contributed by atoms with Crippen LogP contribution >= 0.6 is 0 Å². The molecule has 0 radical (unpaired) electrons. The summed E-state index contributed by atoms with van der Waals surface area (Å²) in [4.78, 5) is 14.4. The quantitative estimate of drug-likeness (QED) is 0.523. The molecule has 0 bridgehead atoms. The second-order valence-electron chi connectivity index (χ2n) is 9.47. The van der Waals surface area contributed by atoms with Crippen LogP contribution in [0.25, 0.3) is 11.2 Å². The molecule has 0 atom stereocenters. The predicted octanol–water partition coefficient (Wildman–Crippen LogP) is 3.99. The van der Waals surface area contributed by atoms with Crippen LogP contribution in [-0.4, -0.2) is 55.1 Å². The molecular formula is C20H20F5N9. The molecule has 34 heavy (non-hydrogen) atoms. The molecule has 3 aromatic heterocycles. The summed E-state index contributed by atoms with van der Waals surface area (Å²) in [5, 5.41) is 14.7. The number of nitrogens with zero attached hydrogens (tertiary/aromatic N) is 9. The number of fused-ring (bicyclic) bond motifs is 1. The van der Waals surface area contributed by atoms with E-state index in [9.17, 15) is 22.0 Å². The Morgan fingerprint density at radius 3 is 2.41 bits per heavy atom. The summed E-state index contributed by atoms with van der Waals surface area (Å²) in [7, 11) is 0. The summed E-state index contributed by atoms with van der Waals surface area (Å²) in [6, 6.07) is 1.22. The van der Waals surface area contributed by atoms with Crippen molar-refractivity contribution in [3.05, 3.63) is 35.4 Å². The van der Waals surface area contributed by atoms with Crippen LogP contribution in [0.2, 0.25) is 0 Å². The van der Waals surface area contributed by atoms with Gasteiger partial charge in [-0.05, 0) is 6.07 Å². The molecule has 3 aromatic rings. The number of halogens is 5. The normalized spacial score (nSPS) is 19.2. The van der Waals surface area contributed by atoms with Gasteiger partial charge in [-0.3, -0.25) is 4.98 Å². The van der Waals surface area contributed by atoms with E-state index in [0.29, 0.717) is 5.82 Å². The Labute approximate surface area is 190 Å². The zero-order chi connectivity index (χ0) is 24.5. The van der Waals surface area contributed by atoms with Gasteiger partial charge in [0.1, 0.15) is 5.82 Å². The van der Waals surface area contributed by atoms with Crippen LogP contribution in [0.3, 0.4) is 0 Å². The summed E-state index contributed by atoms with van der Waals surface area (Å²) in [5.41, 5.74) is -2.72. The Morgan fingerprint density at radius 2 is 1.82 bits per heavy atom. The van der Waals surface area contributed by atoms with E-state index in [-0.39, 0.29) is 47.6 Å². The van der Waals surface area contributed by atoms with Gasteiger partial charge in [0.2, 0.25) is 0 Å². The van der Waals surface area contributed by atoms with Crippen LogP contribution in [0.5, 0.6) is 0 Å². The predicted molar refractivity (Wildman–Crippen MR) is 110 cm³/mol. The molecule has 5 heterocycles. The van der Waals surface area contributed by atoms with Crippen LogP contribution in [0.4, 0.5) is 27.8 Å². The summed E-state index contributed by atoms with van der Waals surface area (Å²) in [5.74, 6) is -2.26. The average molecular weight is 481 g/mol. The Balaban J connectivity index is 1.60. The van der Waals surface area contributed by atoms with Crippen molar-refractivity contribution in [2.75, 3.05) is 18.0 Å². The lowest BCUT2D eigenvalue weighted by Gasteiger charge is -2.22. The minimum absolute atomic E-state index is 0.0828. The van der Waals surface area contributed by atoms with Crippen molar-refractivity contribution in [3.63, 3.8) is 0 Å². The number of hydrogen-bond donors (Lipinski definition) is 0. The highest BCUT2D eigenvalue weighted by atomic mass is 19.4. The van der Waals surface area contributed by atoms with Crippen molar-refractivity contribution in [2.24, 2.45) is 10.2 Å². The molecule has 0 unspecified atom stereocenters. The molecule has 0 saturated carbocycles. The summed E-state index contributed by atoms with van der Waals surface area (Å²) in [6.07, 6.45) is -2.50. The maximum absolute atomic E-state index is 13.9. The first-order chi connectivity index (χ1) is 15.8. The minimum atomic E-state index is -4.71. The van der Waals surface area contributed by atoms with E-state index < -0.39 is 29.7 Å². The van der Waals surface area contributed by atoms with Crippen molar-refractivity contribution in [3.8, 4) is 0 Å². The number of rotatable bonds is 4. The monoisotopic (exact) mass is 481 g/mol. The number of pyridine rings is 1. The van der Waals surface area contributed by atoms with Gasteiger partial charge in [-0.15, -0.1) is 15.3 Å². The number of alkyl halides is 5. The Hall–Kier alpha value is -3.32. The second kappa shape index (κ2) is 7.09. The van der Waals surface area contributed by atoms with Crippen LogP contribution in [0.1, 0.15) is 44.1 Å². The summed E-state index contributed by atoms with van der Waals surface area (Å²) < 4.78 is 70.1. The van der Waals surface area contributed by atoms with E-state index in [2.05, 4.69) is 35.5 Å². The Kier molecular flexibility index (Phi) is 4.69. The highest BCUT2D eigenvalue weighted by Crippen LogP contribution is 2.53. The summed E-state index contributed by atoms with van der Waals surface area (Å²) >= 11 is 0. The maximum atomic E-state index is 13.9. The van der Waals surface area contributed by atoms with E-state index in [1.165, 1.54) is 28.0 Å². The third-order valence-electron chi connectivity index (χ3n) is 5.78. The fourth-order valence-electron chi connectivity index (χ4n) is 3.90. The molecule has 0 spiro atoms. The number of hydrogen-bond acceptors (Lipinski definition) is 8. The van der Waals surface area contributed by atoms with Gasteiger partial charge < -0.3 is 4.90 Å². The number of anilines is 1. The smallest absolute Gasteiger partial charge is 0.348 e. The van der Waals surface area contributed by atoms with Crippen LogP contribution in [0.15, 0.2) is 28.7 Å². The van der Waals surface area contributed by atoms with E-state index in [1.54, 1.807) is 0 Å². The lowest BCUT2D eigenvalue weighted by Crippen LogP contribution is -2.31. The molecule has 14 heteroatoms. The molecule has 1 saturated heterocycles. The van der Waals surface area contributed by atoms with Gasteiger partial charge in [0.15, 0.2) is 17.0 Å². The molecule has 2 aliphatic rings. The number of aromatic nitrogens is 6. The molecule has 2 aliphatic heterocycles. The zero-order valence-corrected chi connectivity index (χ0v) is 18.5.